The molecule has 0 bridgehead atoms. The number of amidine groups is 1. The Balaban J connectivity index is 2.99. The number of alkyl halides is 3. The Morgan fingerprint density at radius 1 is 1.29 bits per heavy atom. The van der Waals surface area contributed by atoms with Crippen molar-refractivity contribution in [2.75, 3.05) is 20.2 Å². The third-order valence-corrected chi connectivity index (χ3v) is 5.55. The third-order valence-electron chi connectivity index (χ3n) is 5.55. The van der Waals surface area contributed by atoms with Gasteiger partial charge in [-0.1, -0.05) is 12.2 Å². The number of carbonyl (C=O) groups is 1. The van der Waals surface area contributed by atoms with Crippen LogP contribution in [0.3, 0.4) is 0 Å². The van der Waals surface area contributed by atoms with Gasteiger partial charge in [-0.2, -0.15) is 13.2 Å². The van der Waals surface area contributed by atoms with Crippen LogP contribution < -0.4 is 10.6 Å². The molecule has 1 aliphatic carbocycles. The van der Waals surface area contributed by atoms with E-state index in [4.69, 9.17) is 4.74 Å². The molecule has 0 radical (unpaired) electrons. The first-order valence-corrected chi connectivity index (χ1v) is 11.3. The number of hydrogen-bond donors (Lipinski definition) is 3. The van der Waals surface area contributed by atoms with Crippen LogP contribution in [0.2, 0.25) is 0 Å². The Bertz CT molecular complexity index is 774. The van der Waals surface area contributed by atoms with Crippen molar-refractivity contribution in [1.82, 2.24) is 15.5 Å². The number of amides is 1. The normalized spacial score (nSPS) is 17.1. The Labute approximate surface area is 200 Å². The highest BCUT2D eigenvalue weighted by Crippen LogP contribution is 2.31. The summed E-state index contributed by atoms with van der Waals surface area (Å²) in [7, 11) is 1.41. The van der Waals surface area contributed by atoms with E-state index >= 15 is 0 Å². The van der Waals surface area contributed by atoms with Crippen LogP contribution in [0.1, 0.15) is 53.4 Å². The van der Waals surface area contributed by atoms with Gasteiger partial charge in [-0.3, -0.25) is 9.79 Å². The molecule has 0 aliphatic heterocycles. The molecule has 194 valence electrons. The summed E-state index contributed by atoms with van der Waals surface area (Å²) in [5.74, 6) is -0.169. The van der Waals surface area contributed by atoms with Crippen molar-refractivity contribution < 1.29 is 27.8 Å². The van der Waals surface area contributed by atoms with E-state index in [0.29, 0.717) is 12.3 Å². The van der Waals surface area contributed by atoms with Gasteiger partial charge in [0.2, 0.25) is 5.91 Å². The predicted molar refractivity (Wildman–Crippen MR) is 128 cm³/mol. The number of nitrogens with zero attached hydrogens (tertiary/aromatic N) is 2. The molecule has 10 heteroatoms. The number of rotatable bonds is 14. The quantitative estimate of drug-likeness (QED) is 0.150. The van der Waals surface area contributed by atoms with E-state index in [9.17, 15) is 23.1 Å². The smallest absolute Gasteiger partial charge is 0.374 e. The predicted octanol–water partition coefficient (Wildman–Crippen LogP) is 3.88. The van der Waals surface area contributed by atoms with Crippen LogP contribution in [0.4, 0.5) is 13.2 Å². The fraction of sp³-hybridized carbons (Fsp3) is 0.667. The molecule has 1 rings (SSSR count). The summed E-state index contributed by atoms with van der Waals surface area (Å²) in [5.41, 5.74) is -0.465. The fourth-order valence-electron chi connectivity index (χ4n) is 2.98. The summed E-state index contributed by atoms with van der Waals surface area (Å²) in [4.78, 5) is 18.5. The average Bonchev–Trinajstić information content (AvgIpc) is 3.57. The summed E-state index contributed by atoms with van der Waals surface area (Å²) < 4.78 is 44.9. The zero-order valence-electron chi connectivity index (χ0n) is 20.8. The number of aliphatic imine (C=N–C) groups is 1. The molecule has 0 aromatic carbocycles. The van der Waals surface area contributed by atoms with Gasteiger partial charge in [0.1, 0.15) is 24.5 Å². The van der Waals surface area contributed by atoms with Gasteiger partial charge in [0.25, 0.3) is 0 Å². The fourth-order valence-corrected chi connectivity index (χ4v) is 2.98. The van der Waals surface area contributed by atoms with Crippen LogP contribution in [0.25, 0.3) is 0 Å². The molecule has 2 unspecified atom stereocenters. The molecule has 1 fully saturated rings. The number of methoxy groups -OCH3 is 1. The van der Waals surface area contributed by atoms with Crippen molar-refractivity contribution in [3.8, 4) is 0 Å². The van der Waals surface area contributed by atoms with Crippen molar-refractivity contribution in [2.24, 2.45) is 10.9 Å². The van der Waals surface area contributed by atoms with Gasteiger partial charge in [0, 0.05) is 13.0 Å². The summed E-state index contributed by atoms with van der Waals surface area (Å²) in [6.45, 7) is 12.8. The molecule has 0 aromatic rings. The standard InChI is InChI=1S/C24H39F3N4O3/c1-8-21(34-7)31(15-20(32)30-23(5,6)24(25,26)27)17(4)28-13-18(10-9-16(2)3)14-29-22(33)19-11-12-19/h8,14,19,21-22,29,33H,1-2,9-13,15H2,3-7H3,(H,30,32)/b18-14-,28-17?. The maximum Gasteiger partial charge on any atom is 0.410 e. The lowest BCUT2D eigenvalue weighted by Crippen LogP contribution is -2.57. The molecule has 0 saturated heterocycles. The molecule has 34 heavy (non-hydrogen) atoms. The monoisotopic (exact) mass is 488 g/mol. The molecule has 1 saturated carbocycles. The maximum absolute atomic E-state index is 13.2. The molecule has 0 heterocycles. The first-order valence-electron chi connectivity index (χ1n) is 11.3. The first kappa shape index (κ1) is 29.7. The van der Waals surface area contributed by atoms with Crippen LogP contribution in [0.5, 0.6) is 0 Å². The molecule has 7 nitrogen and oxygen atoms in total. The van der Waals surface area contributed by atoms with E-state index in [1.165, 1.54) is 18.1 Å². The Morgan fingerprint density at radius 2 is 1.91 bits per heavy atom. The van der Waals surface area contributed by atoms with Gasteiger partial charge < -0.3 is 25.4 Å². The van der Waals surface area contributed by atoms with E-state index < -0.39 is 36.6 Å². The summed E-state index contributed by atoms with van der Waals surface area (Å²) in [5, 5.41) is 15.1. The van der Waals surface area contributed by atoms with E-state index in [-0.39, 0.29) is 12.5 Å². The molecule has 1 amide bonds. The van der Waals surface area contributed by atoms with Crippen LogP contribution in [0, 0.1) is 5.92 Å². The summed E-state index contributed by atoms with van der Waals surface area (Å²) >= 11 is 0. The molecule has 1 aliphatic rings. The number of ether oxygens (including phenoxy) is 1. The van der Waals surface area contributed by atoms with Gasteiger partial charge in [-0.15, -0.1) is 6.58 Å². The van der Waals surface area contributed by atoms with E-state index in [1.54, 1.807) is 13.1 Å². The molecular formula is C24H39F3N4O3. The molecule has 0 aromatic heterocycles. The second-order valence-corrected chi connectivity index (χ2v) is 9.23. The number of aliphatic hydroxyl groups is 1. The maximum atomic E-state index is 13.2. The topological polar surface area (TPSA) is 86.2 Å². The number of halogens is 3. The van der Waals surface area contributed by atoms with Gasteiger partial charge in [0.15, 0.2) is 0 Å². The van der Waals surface area contributed by atoms with Crippen molar-refractivity contribution in [2.45, 2.75) is 77.5 Å². The molecular weight excluding hydrogens is 449 g/mol. The highest BCUT2D eigenvalue weighted by atomic mass is 19.4. The summed E-state index contributed by atoms with van der Waals surface area (Å²) in [6, 6.07) is 0. The zero-order chi connectivity index (χ0) is 26.1. The highest BCUT2D eigenvalue weighted by molar-refractivity contribution is 5.87. The van der Waals surface area contributed by atoms with Gasteiger partial charge in [-0.25, -0.2) is 0 Å². The van der Waals surface area contributed by atoms with Crippen molar-refractivity contribution in [3.05, 3.63) is 36.6 Å². The van der Waals surface area contributed by atoms with Crippen molar-refractivity contribution >= 4 is 11.7 Å². The van der Waals surface area contributed by atoms with E-state index in [0.717, 1.165) is 44.3 Å². The molecule has 0 spiro atoms. The van der Waals surface area contributed by atoms with Crippen LogP contribution in [-0.4, -0.2) is 66.1 Å². The van der Waals surface area contributed by atoms with Crippen molar-refractivity contribution in [1.29, 1.82) is 0 Å². The first-order chi connectivity index (χ1) is 15.7. The minimum absolute atomic E-state index is 0.258. The van der Waals surface area contributed by atoms with Crippen molar-refractivity contribution in [3.63, 3.8) is 0 Å². The second kappa shape index (κ2) is 12.9. The molecule has 3 N–H and O–H groups in total. The molecule has 2 atom stereocenters. The second-order valence-electron chi connectivity index (χ2n) is 9.23. The minimum atomic E-state index is -4.60. The van der Waals surface area contributed by atoms with E-state index in [1.807, 2.05) is 12.2 Å². The number of hydrogen-bond acceptors (Lipinski definition) is 5. The van der Waals surface area contributed by atoms with Gasteiger partial charge in [-0.05, 0) is 71.2 Å². The minimum Gasteiger partial charge on any atom is -0.374 e. The number of allylic oxidation sites excluding steroid dienone is 1. The zero-order valence-corrected chi connectivity index (χ0v) is 20.8. The van der Waals surface area contributed by atoms with E-state index in [2.05, 4.69) is 23.5 Å². The van der Waals surface area contributed by atoms with Gasteiger partial charge >= 0.3 is 6.18 Å². The number of carbonyl (C=O) groups excluding carboxylic acids is 1. The Morgan fingerprint density at radius 3 is 2.38 bits per heavy atom. The number of aliphatic hydroxyl groups excluding tert-OH is 1. The average molecular weight is 489 g/mol. The largest absolute Gasteiger partial charge is 0.410 e. The van der Waals surface area contributed by atoms with Crippen LogP contribution in [-0.2, 0) is 9.53 Å². The number of nitrogens with one attached hydrogen (secondary N) is 2. The highest BCUT2D eigenvalue weighted by Gasteiger charge is 2.48. The lowest BCUT2D eigenvalue weighted by atomic mass is 10.1. The lowest BCUT2D eigenvalue weighted by molar-refractivity contribution is -0.188. The Kier molecular flexibility index (Phi) is 11.3. The Hall–Kier alpha value is -2.33. The van der Waals surface area contributed by atoms with Crippen LogP contribution >= 0.6 is 0 Å². The van der Waals surface area contributed by atoms with Gasteiger partial charge in [0.05, 0.1) is 12.4 Å². The third kappa shape index (κ3) is 9.89. The SMILES string of the molecule is C=CC(OC)N(CC(=O)NC(C)(C)C(F)(F)F)C(C)=NC/C(=C\NC(O)C1CC1)CCC(=C)C. The summed E-state index contributed by atoms with van der Waals surface area (Å²) in [6.07, 6.45) is 0.614. The van der Waals surface area contributed by atoms with Crippen LogP contribution in [0.15, 0.2) is 41.6 Å². The lowest BCUT2D eigenvalue weighted by Gasteiger charge is -2.33.